The summed E-state index contributed by atoms with van der Waals surface area (Å²) in [7, 11) is 2.94. The molecule has 0 saturated carbocycles. The first-order valence-corrected chi connectivity index (χ1v) is 9.43. The number of halogens is 1. The monoisotopic (exact) mass is 370 g/mol. The molecule has 0 radical (unpaired) electrons. The van der Waals surface area contributed by atoms with Crippen molar-refractivity contribution in [3.05, 3.63) is 0 Å². The average Bonchev–Trinajstić information content (AvgIpc) is 2.41. The van der Waals surface area contributed by atoms with Gasteiger partial charge in [-0.15, -0.1) is 18.7 Å². The van der Waals surface area contributed by atoms with Crippen LogP contribution in [0.5, 0.6) is 0 Å². The number of hydrogen-bond acceptors (Lipinski definition) is 4. The lowest BCUT2D eigenvalue weighted by Gasteiger charge is -2.48. The fraction of sp³-hybridized carbons (Fsp3) is 1.00. The van der Waals surface area contributed by atoms with E-state index in [1.54, 1.807) is 0 Å². The van der Waals surface area contributed by atoms with Crippen LogP contribution in [0.3, 0.4) is 0 Å². The van der Waals surface area contributed by atoms with E-state index in [1.807, 2.05) is 0 Å². The molecule has 124 valence electrons. The van der Waals surface area contributed by atoms with E-state index < -0.39 is 7.87 Å². The molecular formula is C14H36BrN4P. The molecule has 0 rings (SSSR count). The van der Waals surface area contributed by atoms with Crippen LogP contribution in [-0.2, 0) is 0 Å². The molecular weight excluding hydrogens is 335 g/mol. The van der Waals surface area contributed by atoms with Gasteiger partial charge in [0.15, 0.2) is 0 Å². The van der Waals surface area contributed by atoms with Crippen LogP contribution in [0.1, 0.15) is 41.5 Å². The first-order valence-electron chi connectivity index (χ1n) is 7.83. The standard InChI is InChI=1S/C14H36N4P.BrH/c1-9-16(10-2)19(15(7)8,17(11-3)12-4)18(13-5)14-6;/h9-14H2,1-8H3;1H/q+1;/p-1. The van der Waals surface area contributed by atoms with E-state index >= 15 is 0 Å². The van der Waals surface area contributed by atoms with E-state index in [-0.39, 0.29) is 17.0 Å². The Morgan fingerprint density at radius 1 is 0.550 bits per heavy atom. The maximum atomic E-state index is 2.67. The minimum atomic E-state index is -1.57. The highest BCUT2D eigenvalue weighted by atomic mass is 79.9. The highest BCUT2D eigenvalue weighted by Crippen LogP contribution is 2.68. The Hall–Kier alpha value is 0.750. The van der Waals surface area contributed by atoms with Gasteiger partial charge in [0.1, 0.15) is 0 Å². The zero-order valence-electron chi connectivity index (χ0n) is 14.9. The fourth-order valence-electron chi connectivity index (χ4n) is 3.10. The zero-order valence-corrected chi connectivity index (χ0v) is 17.3. The van der Waals surface area contributed by atoms with Gasteiger partial charge in [-0.1, -0.05) is 0 Å². The summed E-state index contributed by atoms with van der Waals surface area (Å²) in [5.74, 6) is 0. The van der Waals surface area contributed by atoms with Crippen LogP contribution < -0.4 is 17.0 Å². The minimum Gasteiger partial charge on any atom is -1.00 e. The smallest absolute Gasteiger partial charge is 0.308 e. The summed E-state index contributed by atoms with van der Waals surface area (Å²) >= 11 is 0. The molecule has 0 aliphatic heterocycles. The summed E-state index contributed by atoms with van der Waals surface area (Å²) in [6, 6.07) is 0. The maximum Gasteiger partial charge on any atom is 0.308 e. The van der Waals surface area contributed by atoms with E-state index in [0.29, 0.717) is 0 Å². The van der Waals surface area contributed by atoms with E-state index in [9.17, 15) is 0 Å². The normalized spacial score (nSPS) is 12.6. The molecule has 0 unspecified atom stereocenters. The summed E-state index contributed by atoms with van der Waals surface area (Å²) in [4.78, 5) is 0. The van der Waals surface area contributed by atoms with Crippen molar-refractivity contribution in [2.75, 3.05) is 53.4 Å². The van der Waals surface area contributed by atoms with Gasteiger partial charge in [0.25, 0.3) is 0 Å². The topological polar surface area (TPSA) is 13.0 Å². The Labute approximate surface area is 138 Å². The van der Waals surface area contributed by atoms with E-state index in [4.69, 9.17) is 0 Å². The molecule has 0 amide bonds. The predicted molar refractivity (Wildman–Crippen MR) is 89.4 cm³/mol. The molecule has 0 saturated heterocycles. The lowest BCUT2D eigenvalue weighted by atomic mass is 10.7. The molecule has 0 aliphatic rings. The number of rotatable bonds is 10. The predicted octanol–water partition coefficient (Wildman–Crippen LogP) is 0.255. The van der Waals surface area contributed by atoms with E-state index in [2.05, 4.69) is 74.3 Å². The van der Waals surface area contributed by atoms with Crippen molar-refractivity contribution in [3.8, 4) is 0 Å². The Balaban J connectivity index is 0. The molecule has 0 fully saturated rings. The molecule has 0 spiro atoms. The fourth-order valence-corrected chi connectivity index (χ4v) is 7.97. The van der Waals surface area contributed by atoms with Crippen molar-refractivity contribution >= 4 is 7.87 Å². The first-order chi connectivity index (χ1) is 9.00. The molecule has 0 bridgehead atoms. The Morgan fingerprint density at radius 2 is 0.750 bits per heavy atom. The number of nitrogens with zero attached hydrogens (tertiary/aromatic N) is 4. The minimum absolute atomic E-state index is 0. The molecule has 0 aromatic carbocycles. The molecule has 0 aromatic rings. The lowest BCUT2D eigenvalue weighted by Crippen LogP contribution is -3.00. The van der Waals surface area contributed by atoms with Crippen molar-refractivity contribution in [1.29, 1.82) is 0 Å². The van der Waals surface area contributed by atoms with Gasteiger partial charge in [0.05, 0.1) is 0 Å². The second-order valence-electron chi connectivity index (χ2n) is 4.80. The Bertz CT molecular complexity index is 198. The molecule has 4 nitrogen and oxygen atoms in total. The van der Waals surface area contributed by atoms with Crippen LogP contribution in [0.2, 0.25) is 0 Å². The van der Waals surface area contributed by atoms with Crippen LogP contribution in [-0.4, -0.2) is 72.0 Å². The van der Waals surface area contributed by atoms with Gasteiger partial charge in [-0.2, -0.15) is 0 Å². The molecule has 0 N–H and O–H groups in total. The summed E-state index contributed by atoms with van der Waals surface area (Å²) < 4.78 is 10.5. The quantitative estimate of drug-likeness (QED) is 0.511. The second-order valence-corrected chi connectivity index (χ2v) is 8.37. The van der Waals surface area contributed by atoms with Gasteiger partial charge in [0, 0.05) is 53.4 Å². The van der Waals surface area contributed by atoms with Crippen LogP contribution in [0, 0.1) is 0 Å². The van der Waals surface area contributed by atoms with Crippen molar-refractivity contribution in [2.45, 2.75) is 41.5 Å². The van der Waals surface area contributed by atoms with Gasteiger partial charge < -0.3 is 17.0 Å². The van der Waals surface area contributed by atoms with Crippen molar-refractivity contribution in [2.24, 2.45) is 0 Å². The SMILES string of the molecule is CCN(CC)[P+](N(C)C)(N(CC)CC)N(CC)CC.[Br-]. The highest BCUT2D eigenvalue weighted by molar-refractivity contribution is 7.66. The third kappa shape index (κ3) is 4.37. The molecule has 0 atom stereocenters. The van der Waals surface area contributed by atoms with Gasteiger partial charge in [-0.3, -0.25) is 0 Å². The van der Waals surface area contributed by atoms with E-state index in [1.165, 1.54) is 0 Å². The van der Waals surface area contributed by atoms with Gasteiger partial charge in [0.2, 0.25) is 0 Å². The summed E-state index contributed by atoms with van der Waals surface area (Å²) in [5.41, 5.74) is 0. The first kappa shape index (κ1) is 23.0. The average molecular weight is 371 g/mol. The third-order valence-corrected chi connectivity index (χ3v) is 8.91. The van der Waals surface area contributed by atoms with Crippen LogP contribution in [0.15, 0.2) is 0 Å². The summed E-state index contributed by atoms with van der Waals surface area (Å²) in [6.07, 6.45) is 0. The maximum absolute atomic E-state index is 2.67. The molecule has 0 aliphatic carbocycles. The molecule has 0 heterocycles. The molecule has 20 heavy (non-hydrogen) atoms. The second kappa shape index (κ2) is 11.3. The largest absolute Gasteiger partial charge is 1.00 e. The summed E-state index contributed by atoms with van der Waals surface area (Å²) in [6.45, 7) is 20.4. The zero-order chi connectivity index (χ0) is 15.1. The summed E-state index contributed by atoms with van der Waals surface area (Å²) in [5, 5.41) is 0. The van der Waals surface area contributed by atoms with Crippen molar-refractivity contribution in [3.63, 3.8) is 0 Å². The van der Waals surface area contributed by atoms with Gasteiger partial charge in [-0.25, -0.2) is 0 Å². The Kier molecular flexibility index (Phi) is 13.0. The van der Waals surface area contributed by atoms with Crippen LogP contribution >= 0.6 is 7.87 Å². The lowest BCUT2D eigenvalue weighted by molar-refractivity contribution is -0.00000499. The van der Waals surface area contributed by atoms with Gasteiger partial charge in [-0.05, 0) is 41.5 Å². The van der Waals surface area contributed by atoms with Crippen molar-refractivity contribution < 1.29 is 17.0 Å². The third-order valence-electron chi connectivity index (χ3n) is 3.87. The molecule has 0 aromatic heterocycles. The van der Waals surface area contributed by atoms with Gasteiger partial charge >= 0.3 is 7.87 Å². The van der Waals surface area contributed by atoms with E-state index in [0.717, 1.165) is 39.3 Å². The number of hydrogen-bond donors (Lipinski definition) is 0. The van der Waals surface area contributed by atoms with Crippen molar-refractivity contribution in [1.82, 2.24) is 18.7 Å². The van der Waals surface area contributed by atoms with Crippen LogP contribution in [0.25, 0.3) is 0 Å². The molecule has 6 heteroatoms. The highest BCUT2D eigenvalue weighted by Gasteiger charge is 2.56. The Morgan fingerprint density at radius 3 is 0.850 bits per heavy atom. The van der Waals surface area contributed by atoms with Crippen LogP contribution in [0.4, 0.5) is 0 Å².